The number of hydrogen-bond donors (Lipinski definition) is 0. The van der Waals surface area contributed by atoms with Crippen molar-refractivity contribution >= 4 is 5.91 Å². The van der Waals surface area contributed by atoms with Crippen LogP contribution in [0.2, 0.25) is 0 Å². The molecule has 0 unspecified atom stereocenters. The second kappa shape index (κ2) is 6.11. The smallest absolute Gasteiger partial charge is 0.292 e. The van der Waals surface area contributed by atoms with E-state index >= 15 is 0 Å². The van der Waals surface area contributed by atoms with Gasteiger partial charge in [-0.05, 0) is 19.1 Å². The summed E-state index contributed by atoms with van der Waals surface area (Å²) >= 11 is 0. The molecule has 0 radical (unpaired) electrons. The maximum absolute atomic E-state index is 13.7. The molecular weight excluding hydrogens is 329 g/mol. The molecule has 2 aromatic heterocycles. The van der Waals surface area contributed by atoms with Crippen molar-refractivity contribution in [2.45, 2.75) is 31.5 Å². The maximum Gasteiger partial charge on any atom is 0.292 e. The lowest BCUT2D eigenvalue weighted by Gasteiger charge is -2.52. The largest absolute Gasteiger partial charge is 0.472 e. The second-order valence-electron chi connectivity index (χ2n) is 6.55. The number of hydrogen-bond acceptors (Lipinski definition) is 6. The van der Waals surface area contributed by atoms with Crippen molar-refractivity contribution in [3.63, 3.8) is 0 Å². The van der Waals surface area contributed by atoms with E-state index in [-0.39, 0.29) is 23.7 Å². The van der Waals surface area contributed by atoms with Gasteiger partial charge in [-0.2, -0.15) is 0 Å². The van der Waals surface area contributed by atoms with Crippen LogP contribution in [0.5, 0.6) is 5.88 Å². The lowest BCUT2D eigenvalue weighted by Crippen LogP contribution is -2.67. The van der Waals surface area contributed by atoms with Gasteiger partial charge in [-0.1, -0.05) is 5.16 Å². The molecule has 0 saturated carbocycles. The van der Waals surface area contributed by atoms with Crippen LogP contribution in [0.25, 0.3) is 0 Å². The van der Waals surface area contributed by atoms with Crippen molar-refractivity contribution in [2.75, 3.05) is 19.7 Å². The number of amides is 1. The zero-order chi connectivity index (χ0) is 17.4. The molecular formula is C17H18FN3O4. The number of carbonyl (C=O) groups excluding carboxylic acids is 1. The summed E-state index contributed by atoms with van der Waals surface area (Å²) < 4.78 is 30.3. The van der Waals surface area contributed by atoms with Crippen LogP contribution in [0.3, 0.4) is 0 Å². The summed E-state index contributed by atoms with van der Waals surface area (Å²) in [5.74, 6) is -0.441. The van der Waals surface area contributed by atoms with Crippen molar-refractivity contribution in [1.82, 2.24) is 15.0 Å². The van der Waals surface area contributed by atoms with E-state index in [1.54, 1.807) is 17.9 Å². The molecule has 2 aliphatic heterocycles. The van der Waals surface area contributed by atoms with E-state index in [0.717, 1.165) is 0 Å². The van der Waals surface area contributed by atoms with Crippen molar-refractivity contribution in [3.8, 4) is 5.88 Å². The highest BCUT2D eigenvalue weighted by Crippen LogP contribution is 2.36. The number of rotatable bonds is 3. The topological polar surface area (TPSA) is 77.7 Å². The molecule has 4 heterocycles. The molecule has 1 atom stereocenters. The Morgan fingerprint density at radius 2 is 2.32 bits per heavy atom. The first-order valence-electron chi connectivity index (χ1n) is 8.18. The Morgan fingerprint density at radius 1 is 1.48 bits per heavy atom. The monoisotopic (exact) mass is 347 g/mol. The van der Waals surface area contributed by atoms with E-state index in [2.05, 4.69) is 10.1 Å². The third kappa shape index (κ3) is 3.09. The van der Waals surface area contributed by atoms with E-state index in [4.69, 9.17) is 14.0 Å². The van der Waals surface area contributed by atoms with Gasteiger partial charge in [0, 0.05) is 25.1 Å². The van der Waals surface area contributed by atoms with Crippen molar-refractivity contribution in [2.24, 2.45) is 0 Å². The Morgan fingerprint density at radius 3 is 3.04 bits per heavy atom. The third-order valence-corrected chi connectivity index (χ3v) is 4.53. The normalized spacial score (nSPS) is 21.8. The van der Waals surface area contributed by atoms with Gasteiger partial charge in [0.1, 0.15) is 11.7 Å². The van der Waals surface area contributed by atoms with Crippen LogP contribution in [0.4, 0.5) is 4.39 Å². The molecule has 2 aliphatic rings. The molecule has 8 heteroatoms. The summed E-state index contributed by atoms with van der Waals surface area (Å²) in [6, 6.07) is 4.46. The minimum Gasteiger partial charge on any atom is -0.472 e. The van der Waals surface area contributed by atoms with Crippen LogP contribution in [-0.4, -0.2) is 52.3 Å². The van der Waals surface area contributed by atoms with Crippen LogP contribution in [0.1, 0.15) is 29.1 Å². The van der Waals surface area contributed by atoms with Gasteiger partial charge in [0.2, 0.25) is 5.76 Å². The quantitative estimate of drug-likeness (QED) is 0.845. The van der Waals surface area contributed by atoms with E-state index in [1.165, 1.54) is 18.3 Å². The fraction of sp³-hybridized carbons (Fsp3) is 0.471. The Hall–Kier alpha value is -2.48. The fourth-order valence-electron chi connectivity index (χ4n) is 3.33. The molecule has 2 saturated heterocycles. The SMILES string of the molecule is Cc1cc(C(=O)N2CC3(C[C@H](Oc4ncccc4F)CCO3)C2)on1. The lowest BCUT2D eigenvalue weighted by atomic mass is 9.84. The van der Waals surface area contributed by atoms with Crippen LogP contribution in [0, 0.1) is 12.7 Å². The first kappa shape index (κ1) is 16.0. The molecule has 2 aromatic rings. The van der Waals surface area contributed by atoms with Gasteiger partial charge in [0.15, 0.2) is 5.82 Å². The minimum atomic E-state index is -0.478. The predicted molar refractivity (Wildman–Crippen MR) is 83.7 cm³/mol. The van der Waals surface area contributed by atoms with E-state index in [0.29, 0.717) is 38.2 Å². The summed E-state index contributed by atoms with van der Waals surface area (Å²) in [5, 5.41) is 3.73. The number of ether oxygens (including phenoxy) is 2. The fourth-order valence-corrected chi connectivity index (χ4v) is 3.33. The third-order valence-electron chi connectivity index (χ3n) is 4.53. The average Bonchev–Trinajstić information content (AvgIpc) is 3.01. The highest BCUT2D eigenvalue weighted by Gasteiger charge is 2.50. The van der Waals surface area contributed by atoms with Crippen LogP contribution in [-0.2, 0) is 4.74 Å². The Kier molecular flexibility index (Phi) is 3.91. The van der Waals surface area contributed by atoms with Crippen LogP contribution >= 0.6 is 0 Å². The minimum absolute atomic E-state index is 0.00828. The lowest BCUT2D eigenvalue weighted by molar-refractivity contribution is -0.174. The number of halogens is 1. The van der Waals surface area contributed by atoms with Crippen LogP contribution < -0.4 is 4.74 Å². The molecule has 25 heavy (non-hydrogen) atoms. The molecule has 0 bridgehead atoms. The molecule has 0 N–H and O–H groups in total. The molecule has 4 rings (SSSR count). The molecule has 7 nitrogen and oxygen atoms in total. The molecule has 132 valence electrons. The summed E-state index contributed by atoms with van der Waals surface area (Å²) in [7, 11) is 0. The zero-order valence-corrected chi connectivity index (χ0v) is 13.8. The van der Waals surface area contributed by atoms with Gasteiger partial charge in [-0.15, -0.1) is 0 Å². The van der Waals surface area contributed by atoms with E-state index in [1.807, 2.05) is 0 Å². The molecule has 0 aromatic carbocycles. The highest BCUT2D eigenvalue weighted by atomic mass is 19.1. The summed E-state index contributed by atoms with van der Waals surface area (Å²) in [6.45, 7) is 3.18. The molecule has 1 spiro atoms. The number of pyridine rings is 1. The van der Waals surface area contributed by atoms with Gasteiger partial charge in [-0.25, -0.2) is 9.37 Å². The predicted octanol–water partition coefficient (Wildman–Crippen LogP) is 1.97. The summed E-state index contributed by atoms with van der Waals surface area (Å²) in [4.78, 5) is 17.9. The second-order valence-corrected chi connectivity index (χ2v) is 6.55. The van der Waals surface area contributed by atoms with Gasteiger partial charge in [0.25, 0.3) is 11.8 Å². The standard InChI is InChI=1S/C17H18FN3O4/c1-11-7-14(25-20-11)16(22)21-9-17(10-21)8-12(4-6-23-17)24-15-13(18)3-2-5-19-15/h2-3,5,7,12H,4,6,8-10H2,1H3/t12-/m1/s1. The average molecular weight is 347 g/mol. The molecule has 0 aliphatic carbocycles. The Balaban J connectivity index is 1.38. The molecule has 1 amide bonds. The number of likely N-dealkylation sites (tertiary alicyclic amines) is 1. The maximum atomic E-state index is 13.7. The zero-order valence-electron chi connectivity index (χ0n) is 13.8. The Bertz CT molecular complexity index is 788. The number of aromatic nitrogens is 2. The summed E-state index contributed by atoms with van der Waals surface area (Å²) in [6.07, 6.45) is 2.55. The van der Waals surface area contributed by atoms with Gasteiger partial charge >= 0.3 is 0 Å². The highest BCUT2D eigenvalue weighted by molar-refractivity contribution is 5.92. The van der Waals surface area contributed by atoms with E-state index in [9.17, 15) is 9.18 Å². The van der Waals surface area contributed by atoms with Gasteiger partial charge < -0.3 is 18.9 Å². The van der Waals surface area contributed by atoms with Crippen molar-refractivity contribution < 1.29 is 23.2 Å². The van der Waals surface area contributed by atoms with Crippen LogP contribution in [0.15, 0.2) is 28.9 Å². The van der Waals surface area contributed by atoms with Crippen molar-refractivity contribution in [3.05, 3.63) is 41.7 Å². The van der Waals surface area contributed by atoms with E-state index < -0.39 is 11.4 Å². The number of carbonyl (C=O) groups is 1. The molecule has 2 fully saturated rings. The number of aryl methyl sites for hydroxylation is 1. The first-order chi connectivity index (χ1) is 12.0. The van der Waals surface area contributed by atoms with Crippen molar-refractivity contribution in [1.29, 1.82) is 0 Å². The van der Waals surface area contributed by atoms with Gasteiger partial charge in [-0.3, -0.25) is 4.79 Å². The first-order valence-corrected chi connectivity index (χ1v) is 8.18. The summed E-state index contributed by atoms with van der Waals surface area (Å²) in [5.41, 5.74) is 0.220. The number of nitrogens with zero attached hydrogens (tertiary/aromatic N) is 3. The van der Waals surface area contributed by atoms with Gasteiger partial charge in [0.05, 0.1) is 25.4 Å². The Labute approximate surface area is 143 Å².